The zero-order chi connectivity index (χ0) is 21.3. The Balaban J connectivity index is 1.66. The van der Waals surface area contributed by atoms with E-state index in [0.29, 0.717) is 5.69 Å². The van der Waals surface area contributed by atoms with Gasteiger partial charge in [-0.05, 0) is 35.9 Å². The largest absolute Gasteiger partial charge is 0.489 e. The maximum Gasteiger partial charge on any atom is 0.337 e. The highest BCUT2D eigenvalue weighted by molar-refractivity contribution is 6.08. The molecule has 1 aliphatic rings. The van der Waals surface area contributed by atoms with Crippen LogP contribution in [0.1, 0.15) is 21.5 Å². The molecule has 0 radical (unpaired) electrons. The maximum atomic E-state index is 13.8. The Bertz CT molecular complexity index is 1130. The summed E-state index contributed by atoms with van der Waals surface area (Å²) in [6.07, 6.45) is 0. The second-order valence-corrected chi connectivity index (χ2v) is 6.65. The minimum Gasteiger partial charge on any atom is -0.489 e. The van der Waals surface area contributed by atoms with E-state index in [1.165, 1.54) is 29.2 Å². The number of carboxylic acids is 1. The van der Waals surface area contributed by atoms with Crippen molar-refractivity contribution < 1.29 is 28.2 Å². The Labute approximate surface area is 170 Å². The van der Waals surface area contributed by atoms with Gasteiger partial charge in [-0.1, -0.05) is 24.3 Å². The Morgan fingerprint density at radius 2 is 1.80 bits per heavy atom. The maximum absolute atomic E-state index is 13.8. The molecule has 0 aliphatic carbocycles. The first-order valence-electron chi connectivity index (χ1n) is 9.03. The van der Waals surface area contributed by atoms with Gasteiger partial charge in [0.05, 0.1) is 23.4 Å². The Kier molecular flexibility index (Phi) is 5.05. The number of nitrogens with one attached hydrogen (secondary N) is 1. The SMILES string of the molecule is O=C(O)c1ccc(OCc2c(F)cccc2F)cc1N1Cc2ccccc2NC1=O. The van der Waals surface area contributed by atoms with Gasteiger partial charge in [0.25, 0.3) is 0 Å². The fraction of sp³-hybridized carbons (Fsp3) is 0.0909. The van der Waals surface area contributed by atoms with Gasteiger partial charge in [-0.25, -0.2) is 18.4 Å². The molecule has 1 heterocycles. The van der Waals surface area contributed by atoms with E-state index in [0.717, 1.165) is 17.7 Å². The van der Waals surface area contributed by atoms with Crippen LogP contribution in [0, 0.1) is 11.6 Å². The van der Waals surface area contributed by atoms with Crippen LogP contribution in [0.25, 0.3) is 0 Å². The number of aromatic carboxylic acids is 1. The number of nitrogens with zero attached hydrogens (tertiary/aromatic N) is 1. The smallest absolute Gasteiger partial charge is 0.337 e. The highest BCUT2D eigenvalue weighted by Gasteiger charge is 2.27. The highest BCUT2D eigenvalue weighted by atomic mass is 19.1. The Morgan fingerprint density at radius 1 is 1.07 bits per heavy atom. The van der Waals surface area contributed by atoms with Crippen molar-refractivity contribution >= 4 is 23.4 Å². The van der Waals surface area contributed by atoms with Crippen LogP contribution in [0.2, 0.25) is 0 Å². The monoisotopic (exact) mass is 410 g/mol. The third kappa shape index (κ3) is 3.67. The van der Waals surface area contributed by atoms with E-state index in [1.54, 1.807) is 12.1 Å². The molecule has 0 aromatic heterocycles. The first kappa shape index (κ1) is 19.4. The van der Waals surface area contributed by atoms with Gasteiger partial charge in [0.2, 0.25) is 0 Å². The van der Waals surface area contributed by atoms with Gasteiger partial charge in [0.15, 0.2) is 0 Å². The van der Waals surface area contributed by atoms with Gasteiger partial charge in [0, 0.05) is 11.8 Å². The molecular formula is C22H16F2N2O4. The second kappa shape index (κ2) is 7.82. The topological polar surface area (TPSA) is 78.9 Å². The van der Waals surface area contributed by atoms with Crippen LogP contribution >= 0.6 is 0 Å². The van der Waals surface area contributed by atoms with Gasteiger partial charge in [-0.3, -0.25) is 4.90 Å². The number of halogens is 2. The van der Waals surface area contributed by atoms with Crippen molar-refractivity contribution in [3.63, 3.8) is 0 Å². The lowest BCUT2D eigenvalue weighted by Gasteiger charge is -2.30. The zero-order valence-corrected chi connectivity index (χ0v) is 15.6. The molecule has 0 unspecified atom stereocenters. The molecule has 3 aromatic rings. The number of amides is 2. The fourth-order valence-electron chi connectivity index (χ4n) is 3.23. The minimum absolute atomic E-state index is 0.103. The van der Waals surface area contributed by atoms with Gasteiger partial charge in [-0.15, -0.1) is 0 Å². The number of rotatable bonds is 5. The highest BCUT2D eigenvalue weighted by Crippen LogP contribution is 2.32. The van der Waals surface area contributed by atoms with Crippen LogP contribution < -0.4 is 15.0 Å². The zero-order valence-electron chi connectivity index (χ0n) is 15.6. The number of urea groups is 1. The molecule has 0 spiro atoms. The summed E-state index contributed by atoms with van der Waals surface area (Å²) in [5, 5.41) is 12.3. The molecule has 152 valence electrons. The summed E-state index contributed by atoms with van der Waals surface area (Å²) in [6, 6.07) is 14.2. The third-order valence-corrected chi connectivity index (χ3v) is 4.77. The lowest BCUT2D eigenvalue weighted by atomic mass is 10.1. The van der Waals surface area contributed by atoms with Crippen molar-refractivity contribution in [1.29, 1.82) is 0 Å². The summed E-state index contributed by atoms with van der Waals surface area (Å²) in [7, 11) is 0. The number of para-hydroxylation sites is 1. The summed E-state index contributed by atoms with van der Waals surface area (Å²) in [6.45, 7) is -0.229. The van der Waals surface area contributed by atoms with Crippen LogP contribution in [0.15, 0.2) is 60.7 Å². The molecule has 30 heavy (non-hydrogen) atoms. The molecule has 0 atom stereocenters. The molecule has 4 rings (SSSR count). The summed E-state index contributed by atoms with van der Waals surface area (Å²) in [5.74, 6) is -2.54. The number of benzene rings is 3. The van der Waals surface area contributed by atoms with Gasteiger partial charge >= 0.3 is 12.0 Å². The Hall–Kier alpha value is -3.94. The molecule has 2 amide bonds. The molecule has 0 bridgehead atoms. The van der Waals surface area contributed by atoms with Crippen LogP contribution in [-0.4, -0.2) is 17.1 Å². The van der Waals surface area contributed by atoms with Crippen molar-refractivity contribution in [2.24, 2.45) is 0 Å². The normalized spacial score (nSPS) is 12.9. The van der Waals surface area contributed by atoms with E-state index in [9.17, 15) is 23.5 Å². The number of ether oxygens (including phenoxy) is 1. The quantitative estimate of drug-likeness (QED) is 0.634. The molecule has 8 heteroatoms. The summed E-state index contributed by atoms with van der Waals surface area (Å²) in [4.78, 5) is 25.6. The second-order valence-electron chi connectivity index (χ2n) is 6.65. The molecule has 2 N–H and O–H groups in total. The molecule has 6 nitrogen and oxygen atoms in total. The van der Waals surface area contributed by atoms with Crippen molar-refractivity contribution in [3.8, 4) is 5.75 Å². The summed E-state index contributed by atoms with van der Waals surface area (Å²) < 4.78 is 33.1. The van der Waals surface area contributed by atoms with Crippen molar-refractivity contribution in [1.82, 2.24) is 0 Å². The lowest BCUT2D eigenvalue weighted by molar-refractivity contribution is 0.0697. The van der Waals surface area contributed by atoms with E-state index in [2.05, 4.69) is 5.32 Å². The van der Waals surface area contributed by atoms with Crippen molar-refractivity contribution in [3.05, 3.63) is 89.0 Å². The fourth-order valence-corrected chi connectivity index (χ4v) is 3.23. The number of anilines is 2. The van der Waals surface area contributed by atoms with E-state index in [1.807, 2.05) is 12.1 Å². The number of carbonyl (C=O) groups excluding carboxylic acids is 1. The molecule has 0 fully saturated rings. The van der Waals surface area contributed by atoms with Crippen LogP contribution in [0.3, 0.4) is 0 Å². The van der Waals surface area contributed by atoms with Crippen LogP contribution in [0.4, 0.5) is 25.0 Å². The van der Waals surface area contributed by atoms with Crippen molar-refractivity contribution in [2.75, 3.05) is 10.2 Å². The minimum atomic E-state index is -1.22. The molecule has 1 aliphatic heterocycles. The van der Waals surface area contributed by atoms with E-state index in [-0.39, 0.29) is 35.7 Å². The number of hydrogen-bond acceptors (Lipinski definition) is 3. The number of fused-ring (bicyclic) bond motifs is 1. The van der Waals surface area contributed by atoms with Crippen LogP contribution in [0.5, 0.6) is 5.75 Å². The van der Waals surface area contributed by atoms with Crippen LogP contribution in [-0.2, 0) is 13.2 Å². The van der Waals surface area contributed by atoms with E-state index in [4.69, 9.17) is 4.74 Å². The first-order valence-corrected chi connectivity index (χ1v) is 9.03. The first-order chi connectivity index (χ1) is 14.4. The van der Waals surface area contributed by atoms with Gasteiger partial charge < -0.3 is 15.2 Å². The van der Waals surface area contributed by atoms with E-state index < -0.39 is 23.6 Å². The predicted octanol–water partition coefficient (Wildman–Crippen LogP) is 4.79. The standard InChI is InChI=1S/C22H16F2N2O4/c23-17-5-3-6-18(24)16(17)12-30-14-8-9-15(21(27)28)20(10-14)26-11-13-4-1-2-7-19(13)25-22(26)29/h1-10H,11-12H2,(H,25,29)(H,27,28). The third-order valence-electron chi connectivity index (χ3n) is 4.77. The molecule has 3 aromatic carbocycles. The van der Waals surface area contributed by atoms with Crippen molar-refractivity contribution in [2.45, 2.75) is 13.2 Å². The number of carbonyl (C=O) groups is 2. The average Bonchev–Trinajstić information content (AvgIpc) is 2.72. The number of carboxylic acid groups (broad SMARTS) is 1. The van der Waals surface area contributed by atoms with Gasteiger partial charge in [-0.2, -0.15) is 0 Å². The van der Waals surface area contributed by atoms with Gasteiger partial charge in [0.1, 0.15) is 24.0 Å². The lowest BCUT2D eigenvalue weighted by Crippen LogP contribution is -2.39. The molecule has 0 saturated carbocycles. The average molecular weight is 410 g/mol. The predicted molar refractivity (Wildman–Crippen MR) is 106 cm³/mol. The summed E-state index contributed by atoms with van der Waals surface area (Å²) in [5.41, 5.74) is 1.23. The number of hydrogen-bond donors (Lipinski definition) is 2. The summed E-state index contributed by atoms with van der Waals surface area (Å²) >= 11 is 0. The molecular weight excluding hydrogens is 394 g/mol. The van der Waals surface area contributed by atoms with E-state index >= 15 is 0 Å². The Morgan fingerprint density at radius 3 is 2.53 bits per heavy atom. The molecule has 0 saturated heterocycles.